The summed E-state index contributed by atoms with van der Waals surface area (Å²) in [4.78, 5) is 1.22. The van der Waals surface area contributed by atoms with Gasteiger partial charge in [-0.3, -0.25) is 5.84 Å². The zero-order valence-corrected chi connectivity index (χ0v) is 8.80. The first-order chi connectivity index (χ1) is 6.33. The normalized spacial score (nSPS) is 15.6. The molecular weight excluding hydrogens is 184 g/mol. The van der Waals surface area contributed by atoms with Crippen molar-refractivity contribution < 1.29 is 4.74 Å². The molecule has 0 radical (unpaired) electrons. The molecule has 0 amide bonds. The zero-order valence-electron chi connectivity index (χ0n) is 7.99. The summed E-state index contributed by atoms with van der Waals surface area (Å²) in [6.45, 7) is 2.09. The van der Waals surface area contributed by atoms with Gasteiger partial charge in [-0.1, -0.05) is 13.0 Å². The molecule has 0 aliphatic carbocycles. The number of hydrogen-bond acceptors (Lipinski definition) is 4. The van der Waals surface area contributed by atoms with Crippen LogP contribution in [0.25, 0.3) is 0 Å². The largest absolute Gasteiger partial charge is 0.379 e. The van der Waals surface area contributed by atoms with E-state index in [1.807, 2.05) is 11.4 Å². The van der Waals surface area contributed by atoms with Gasteiger partial charge in [-0.2, -0.15) is 0 Å². The Morgan fingerprint density at radius 2 is 2.46 bits per heavy atom. The molecule has 1 aromatic heterocycles. The van der Waals surface area contributed by atoms with E-state index < -0.39 is 0 Å². The summed E-state index contributed by atoms with van der Waals surface area (Å²) >= 11 is 1.69. The molecule has 0 fully saturated rings. The molecular formula is C9H16N2OS. The summed E-state index contributed by atoms with van der Waals surface area (Å²) in [7, 11) is 1.71. The molecule has 0 aliphatic heterocycles. The lowest BCUT2D eigenvalue weighted by atomic mass is 10.1. The number of ether oxygens (including phenoxy) is 1. The van der Waals surface area contributed by atoms with E-state index >= 15 is 0 Å². The third-order valence-corrected chi connectivity index (χ3v) is 3.06. The van der Waals surface area contributed by atoms with Crippen LogP contribution >= 0.6 is 11.3 Å². The Labute approximate surface area is 82.9 Å². The molecule has 0 spiro atoms. The highest BCUT2D eigenvalue weighted by atomic mass is 32.1. The van der Waals surface area contributed by atoms with Gasteiger partial charge < -0.3 is 4.74 Å². The molecule has 0 bridgehead atoms. The standard InChI is InChI=1S/C9H16N2OS/c1-3-7(12-2)9(11-10)8-5-4-6-13-8/h4-7,9,11H,3,10H2,1-2H3. The third-order valence-electron chi connectivity index (χ3n) is 2.11. The predicted molar refractivity (Wildman–Crippen MR) is 55.5 cm³/mol. The smallest absolute Gasteiger partial charge is 0.0814 e. The van der Waals surface area contributed by atoms with Crippen molar-refractivity contribution in [3.05, 3.63) is 22.4 Å². The molecule has 0 aromatic carbocycles. The van der Waals surface area contributed by atoms with E-state index in [0.717, 1.165) is 6.42 Å². The van der Waals surface area contributed by atoms with Crippen LogP contribution in [0.4, 0.5) is 0 Å². The Balaban J connectivity index is 2.72. The van der Waals surface area contributed by atoms with E-state index in [9.17, 15) is 0 Å². The lowest BCUT2D eigenvalue weighted by Crippen LogP contribution is -2.36. The van der Waals surface area contributed by atoms with E-state index in [1.54, 1.807) is 18.4 Å². The van der Waals surface area contributed by atoms with Crippen LogP contribution in [-0.2, 0) is 4.74 Å². The quantitative estimate of drug-likeness (QED) is 0.561. The van der Waals surface area contributed by atoms with Crippen LogP contribution in [-0.4, -0.2) is 13.2 Å². The number of thiophene rings is 1. The van der Waals surface area contributed by atoms with Crippen molar-refractivity contribution in [1.82, 2.24) is 5.43 Å². The summed E-state index contributed by atoms with van der Waals surface area (Å²) < 4.78 is 5.34. The van der Waals surface area contributed by atoms with Crippen LogP contribution in [0.15, 0.2) is 17.5 Å². The van der Waals surface area contributed by atoms with Crippen LogP contribution in [0.3, 0.4) is 0 Å². The molecule has 0 saturated heterocycles. The number of hydrazine groups is 1. The Morgan fingerprint density at radius 1 is 1.69 bits per heavy atom. The van der Waals surface area contributed by atoms with Crippen molar-refractivity contribution >= 4 is 11.3 Å². The molecule has 3 nitrogen and oxygen atoms in total. The fourth-order valence-electron chi connectivity index (χ4n) is 1.38. The SMILES string of the molecule is CCC(OC)C(NN)c1cccs1. The lowest BCUT2D eigenvalue weighted by molar-refractivity contribution is 0.0662. The number of nitrogens with one attached hydrogen (secondary N) is 1. The predicted octanol–water partition coefficient (Wildman–Crippen LogP) is 1.68. The molecule has 13 heavy (non-hydrogen) atoms. The zero-order chi connectivity index (χ0) is 9.68. The molecule has 4 heteroatoms. The average molecular weight is 200 g/mol. The van der Waals surface area contributed by atoms with Gasteiger partial charge in [-0.25, -0.2) is 5.43 Å². The monoisotopic (exact) mass is 200 g/mol. The van der Waals surface area contributed by atoms with Crippen molar-refractivity contribution in [1.29, 1.82) is 0 Å². The highest BCUT2D eigenvalue weighted by Gasteiger charge is 2.20. The van der Waals surface area contributed by atoms with Crippen molar-refractivity contribution in [3.8, 4) is 0 Å². The number of rotatable bonds is 5. The van der Waals surface area contributed by atoms with E-state index in [4.69, 9.17) is 10.6 Å². The first-order valence-electron chi connectivity index (χ1n) is 4.35. The van der Waals surface area contributed by atoms with Crippen LogP contribution in [0.5, 0.6) is 0 Å². The maximum Gasteiger partial charge on any atom is 0.0814 e. The molecule has 2 unspecified atom stereocenters. The molecule has 2 atom stereocenters. The second-order valence-corrected chi connectivity index (χ2v) is 3.82. The first kappa shape index (κ1) is 10.7. The second kappa shape index (κ2) is 5.34. The average Bonchev–Trinajstić information content (AvgIpc) is 2.66. The van der Waals surface area contributed by atoms with Crippen molar-refractivity contribution in [3.63, 3.8) is 0 Å². The van der Waals surface area contributed by atoms with Crippen LogP contribution in [0, 0.1) is 0 Å². The van der Waals surface area contributed by atoms with Gasteiger partial charge in [-0.05, 0) is 17.9 Å². The Morgan fingerprint density at radius 3 is 2.85 bits per heavy atom. The molecule has 3 N–H and O–H groups in total. The molecule has 1 aromatic rings. The molecule has 0 aliphatic rings. The number of hydrogen-bond donors (Lipinski definition) is 2. The van der Waals surface area contributed by atoms with Crippen molar-refractivity contribution in [2.45, 2.75) is 25.5 Å². The Bertz CT molecular complexity index is 222. The van der Waals surface area contributed by atoms with Gasteiger partial charge in [0.1, 0.15) is 0 Å². The molecule has 1 rings (SSSR count). The van der Waals surface area contributed by atoms with Crippen LogP contribution in [0.2, 0.25) is 0 Å². The summed E-state index contributed by atoms with van der Waals surface area (Å²) in [6.07, 6.45) is 1.09. The van der Waals surface area contributed by atoms with E-state index in [1.165, 1.54) is 4.88 Å². The third kappa shape index (κ3) is 2.51. The van der Waals surface area contributed by atoms with Gasteiger partial charge in [-0.15, -0.1) is 11.3 Å². The highest BCUT2D eigenvalue weighted by molar-refractivity contribution is 7.10. The number of methoxy groups -OCH3 is 1. The maximum atomic E-state index is 5.49. The first-order valence-corrected chi connectivity index (χ1v) is 5.23. The Kier molecular flexibility index (Phi) is 4.38. The van der Waals surface area contributed by atoms with Gasteiger partial charge in [0.15, 0.2) is 0 Å². The summed E-state index contributed by atoms with van der Waals surface area (Å²) in [5.41, 5.74) is 2.79. The second-order valence-electron chi connectivity index (χ2n) is 2.84. The topological polar surface area (TPSA) is 47.3 Å². The van der Waals surface area contributed by atoms with E-state index in [2.05, 4.69) is 18.4 Å². The summed E-state index contributed by atoms with van der Waals surface area (Å²) in [5.74, 6) is 5.49. The minimum absolute atomic E-state index is 0.106. The fraction of sp³-hybridized carbons (Fsp3) is 0.556. The minimum atomic E-state index is 0.106. The Hall–Kier alpha value is -0.420. The van der Waals surface area contributed by atoms with Crippen molar-refractivity contribution in [2.75, 3.05) is 7.11 Å². The van der Waals surface area contributed by atoms with Crippen LogP contribution in [0.1, 0.15) is 24.3 Å². The fourth-order valence-corrected chi connectivity index (χ4v) is 2.22. The summed E-state index contributed by atoms with van der Waals surface area (Å²) in [6, 6.07) is 4.19. The van der Waals surface area contributed by atoms with Gasteiger partial charge in [0.2, 0.25) is 0 Å². The van der Waals surface area contributed by atoms with E-state index in [0.29, 0.717) is 0 Å². The molecule has 74 valence electrons. The molecule has 1 heterocycles. The summed E-state index contributed by atoms with van der Waals surface area (Å²) in [5, 5.41) is 2.04. The van der Waals surface area contributed by atoms with Gasteiger partial charge in [0.05, 0.1) is 12.1 Å². The maximum absolute atomic E-state index is 5.49. The number of nitrogens with two attached hydrogens (primary N) is 1. The molecule has 0 saturated carbocycles. The highest BCUT2D eigenvalue weighted by Crippen LogP contribution is 2.24. The van der Waals surface area contributed by atoms with Gasteiger partial charge >= 0.3 is 0 Å². The van der Waals surface area contributed by atoms with Gasteiger partial charge in [0.25, 0.3) is 0 Å². The lowest BCUT2D eigenvalue weighted by Gasteiger charge is -2.23. The van der Waals surface area contributed by atoms with Crippen molar-refractivity contribution in [2.24, 2.45) is 5.84 Å². The minimum Gasteiger partial charge on any atom is -0.379 e. The van der Waals surface area contributed by atoms with E-state index in [-0.39, 0.29) is 12.1 Å². The van der Waals surface area contributed by atoms with Crippen LogP contribution < -0.4 is 11.3 Å². The van der Waals surface area contributed by atoms with Gasteiger partial charge in [0, 0.05) is 12.0 Å².